The maximum Gasteiger partial charge on any atom is 0.418 e. The van der Waals surface area contributed by atoms with Gasteiger partial charge in [0.1, 0.15) is 0 Å². The van der Waals surface area contributed by atoms with Crippen LogP contribution in [-0.2, 0) is 4.74 Å². The van der Waals surface area contributed by atoms with E-state index in [1.165, 1.54) is 10.8 Å². The van der Waals surface area contributed by atoms with Crippen molar-refractivity contribution < 1.29 is 19.1 Å². The summed E-state index contributed by atoms with van der Waals surface area (Å²) in [4.78, 5) is 40.1. The minimum Gasteiger partial charge on any atom is -0.449 e. The summed E-state index contributed by atoms with van der Waals surface area (Å²) in [5.41, 5.74) is 2.43. The summed E-state index contributed by atoms with van der Waals surface area (Å²) in [6.45, 7) is 1.80. The first-order valence-corrected chi connectivity index (χ1v) is 9.50. The van der Waals surface area contributed by atoms with Crippen LogP contribution in [0.15, 0.2) is 60.9 Å². The molecule has 0 fully saturated rings. The van der Waals surface area contributed by atoms with Gasteiger partial charge in [-0.15, -0.1) is 0 Å². The van der Waals surface area contributed by atoms with Crippen molar-refractivity contribution in [2.75, 3.05) is 18.5 Å². The lowest BCUT2D eigenvalue weighted by Crippen LogP contribution is -2.33. The number of fused-ring (bicyclic) bond motifs is 2. The number of Topliss-reactive ketones (excluding diaryl/α,β-unsaturated/α-hetero) is 1. The van der Waals surface area contributed by atoms with Gasteiger partial charge in [-0.25, -0.2) is 9.59 Å². The number of benzene rings is 2. The molecule has 0 atom stereocenters. The fourth-order valence-electron chi connectivity index (χ4n) is 3.35. The number of ketones is 1. The molecule has 0 aliphatic carbocycles. The highest BCUT2D eigenvalue weighted by molar-refractivity contribution is 6.10. The molecule has 30 heavy (non-hydrogen) atoms. The van der Waals surface area contributed by atoms with E-state index in [2.05, 4.69) is 15.6 Å². The Balaban J connectivity index is 1.47. The summed E-state index contributed by atoms with van der Waals surface area (Å²) in [5, 5.41) is 6.77. The molecule has 4 aromatic rings. The normalized spacial score (nSPS) is 10.8. The molecule has 8 heteroatoms. The number of anilines is 1. The van der Waals surface area contributed by atoms with Crippen LogP contribution in [0.5, 0.6) is 0 Å². The lowest BCUT2D eigenvalue weighted by molar-refractivity contribution is 0.0994. The maximum atomic E-state index is 12.5. The van der Waals surface area contributed by atoms with Crippen molar-refractivity contribution in [3.63, 3.8) is 0 Å². The molecule has 0 bridgehead atoms. The van der Waals surface area contributed by atoms with Gasteiger partial charge in [0.05, 0.1) is 24.4 Å². The highest BCUT2D eigenvalue weighted by Crippen LogP contribution is 2.26. The second kappa shape index (κ2) is 8.12. The van der Waals surface area contributed by atoms with Crippen molar-refractivity contribution in [3.05, 3.63) is 66.5 Å². The minimum absolute atomic E-state index is 0.163. The molecule has 0 saturated heterocycles. The van der Waals surface area contributed by atoms with Crippen LogP contribution in [0.4, 0.5) is 15.3 Å². The number of amides is 2. The zero-order chi connectivity index (χ0) is 21.1. The molecule has 3 N–H and O–H groups in total. The Hall–Kier alpha value is -4.07. The molecule has 2 heterocycles. The molecule has 152 valence electrons. The number of ether oxygens (including phenoxy) is 1. The highest BCUT2D eigenvalue weighted by Gasteiger charge is 2.17. The first kappa shape index (κ1) is 19.3. The van der Waals surface area contributed by atoms with Gasteiger partial charge >= 0.3 is 12.1 Å². The third-order valence-corrected chi connectivity index (χ3v) is 4.72. The minimum atomic E-state index is -0.546. The Bertz CT molecular complexity index is 1250. The molecular formula is C22H20N4O4. The van der Waals surface area contributed by atoms with Crippen molar-refractivity contribution in [2.24, 2.45) is 0 Å². The van der Waals surface area contributed by atoms with Gasteiger partial charge in [0, 0.05) is 34.2 Å². The number of aromatic nitrogens is 2. The number of H-pyrrole nitrogens is 1. The van der Waals surface area contributed by atoms with E-state index in [1.54, 1.807) is 37.4 Å². The smallest absolute Gasteiger partial charge is 0.418 e. The van der Waals surface area contributed by atoms with Crippen LogP contribution in [0, 0.1) is 0 Å². The molecule has 2 amide bonds. The average molecular weight is 404 g/mol. The van der Waals surface area contributed by atoms with Crippen molar-refractivity contribution in [2.45, 2.75) is 6.92 Å². The monoisotopic (exact) mass is 404 g/mol. The predicted octanol–water partition coefficient (Wildman–Crippen LogP) is 4.13. The number of nitrogens with zero attached hydrogens (tertiary/aromatic N) is 1. The second-order valence-electron chi connectivity index (χ2n) is 6.61. The van der Waals surface area contributed by atoms with Gasteiger partial charge in [-0.05, 0) is 19.1 Å². The van der Waals surface area contributed by atoms with E-state index in [-0.39, 0.29) is 18.9 Å². The zero-order valence-electron chi connectivity index (χ0n) is 16.3. The fourth-order valence-corrected chi connectivity index (χ4v) is 3.35. The number of rotatable bonds is 5. The molecule has 4 rings (SSSR count). The van der Waals surface area contributed by atoms with E-state index >= 15 is 0 Å². The Morgan fingerprint density at radius 2 is 1.77 bits per heavy atom. The second-order valence-corrected chi connectivity index (χ2v) is 6.61. The Kier molecular flexibility index (Phi) is 5.21. The van der Waals surface area contributed by atoms with Crippen LogP contribution in [0.1, 0.15) is 17.3 Å². The van der Waals surface area contributed by atoms with Gasteiger partial charge in [0.15, 0.2) is 5.78 Å². The Morgan fingerprint density at radius 1 is 1.03 bits per heavy atom. The van der Waals surface area contributed by atoms with Gasteiger partial charge in [-0.3, -0.25) is 9.36 Å². The summed E-state index contributed by atoms with van der Waals surface area (Å²) in [6.07, 6.45) is 2.61. The van der Waals surface area contributed by atoms with Gasteiger partial charge in [0.25, 0.3) is 0 Å². The fraction of sp³-hybridized carbons (Fsp3) is 0.136. The first-order valence-electron chi connectivity index (χ1n) is 9.50. The lowest BCUT2D eigenvalue weighted by Gasteiger charge is -2.06. The molecule has 0 saturated carbocycles. The van der Waals surface area contributed by atoms with E-state index in [9.17, 15) is 14.4 Å². The molecule has 0 aliphatic rings. The van der Waals surface area contributed by atoms with Crippen LogP contribution < -0.4 is 10.6 Å². The summed E-state index contributed by atoms with van der Waals surface area (Å²) >= 11 is 0. The van der Waals surface area contributed by atoms with Gasteiger partial charge < -0.3 is 20.4 Å². The number of hydrogen-bond donors (Lipinski definition) is 3. The van der Waals surface area contributed by atoms with Crippen LogP contribution >= 0.6 is 0 Å². The van der Waals surface area contributed by atoms with Crippen molar-refractivity contribution in [3.8, 4) is 0 Å². The Morgan fingerprint density at radius 3 is 2.57 bits per heavy atom. The summed E-state index contributed by atoms with van der Waals surface area (Å²) in [6, 6.07) is 14.1. The number of carbonyl (C=O) groups is 3. The molecule has 2 aromatic heterocycles. The zero-order valence-corrected chi connectivity index (χ0v) is 16.3. The third kappa shape index (κ3) is 3.62. The van der Waals surface area contributed by atoms with Crippen LogP contribution in [0.25, 0.3) is 21.8 Å². The highest BCUT2D eigenvalue weighted by atomic mass is 16.5. The number of carbonyl (C=O) groups excluding carboxylic acids is 3. The summed E-state index contributed by atoms with van der Waals surface area (Å²) < 4.78 is 6.40. The molecule has 0 aliphatic heterocycles. The largest absolute Gasteiger partial charge is 0.449 e. The van der Waals surface area contributed by atoms with Gasteiger partial charge in [0.2, 0.25) is 0 Å². The summed E-state index contributed by atoms with van der Waals surface area (Å²) in [7, 11) is 0. The standard InChI is InChI=1S/C22H20N4O4/c1-2-30-22(29)26-13-18(15-8-4-6-10-19(15)26)25-21(28)24-12-20(27)16-11-23-17-9-5-3-7-14(16)17/h3-11,13,23H,2,12H2,1H3,(H2,24,25,28). The molecule has 0 unspecified atom stereocenters. The quantitative estimate of drug-likeness (QED) is 0.435. The van der Waals surface area contributed by atoms with E-state index < -0.39 is 12.1 Å². The maximum absolute atomic E-state index is 12.5. The number of para-hydroxylation sites is 2. The Labute approximate surface area is 171 Å². The lowest BCUT2D eigenvalue weighted by atomic mass is 10.1. The topological polar surface area (TPSA) is 105 Å². The third-order valence-electron chi connectivity index (χ3n) is 4.72. The van der Waals surface area contributed by atoms with Crippen molar-refractivity contribution in [1.82, 2.24) is 14.9 Å². The number of urea groups is 1. The van der Waals surface area contributed by atoms with E-state index in [0.29, 0.717) is 22.2 Å². The van der Waals surface area contributed by atoms with Crippen molar-refractivity contribution in [1.29, 1.82) is 0 Å². The SMILES string of the molecule is CCOC(=O)n1cc(NC(=O)NCC(=O)c2c[nH]c3ccccc23)c2ccccc21. The van der Waals surface area contributed by atoms with E-state index in [1.807, 2.05) is 24.3 Å². The van der Waals surface area contributed by atoms with E-state index in [4.69, 9.17) is 4.74 Å². The van der Waals surface area contributed by atoms with Crippen LogP contribution in [-0.4, -0.2) is 40.6 Å². The van der Waals surface area contributed by atoms with E-state index in [0.717, 1.165) is 10.9 Å². The molecule has 8 nitrogen and oxygen atoms in total. The summed E-state index contributed by atoms with van der Waals surface area (Å²) in [5.74, 6) is -0.212. The number of aromatic amines is 1. The van der Waals surface area contributed by atoms with Crippen molar-refractivity contribution >= 4 is 45.4 Å². The van der Waals surface area contributed by atoms with Gasteiger partial charge in [-0.2, -0.15) is 0 Å². The van der Waals surface area contributed by atoms with Crippen LogP contribution in [0.2, 0.25) is 0 Å². The molecular weight excluding hydrogens is 384 g/mol. The number of nitrogens with one attached hydrogen (secondary N) is 3. The van der Waals surface area contributed by atoms with Crippen LogP contribution in [0.3, 0.4) is 0 Å². The predicted molar refractivity (Wildman–Crippen MR) is 114 cm³/mol. The first-order chi connectivity index (χ1) is 14.6. The average Bonchev–Trinajstić information content (AvgIpc) is 3.34. The molecule has 0 radical (unpaired) electrons. The number of hydrogen-bond acceptors (Lipinski definition) is 4. The molecule has 0 spiro atoms. The van der Waals surface area contributed by atoms with Gasteiger partial charge in [-0.1, -0.05) is 36.4 Å². The molecule has 2 aromatic carbocycles.